The monoisotopic (exact) mass is 303 g/mol. The number of nitrogens with zero attached hydrogens (tertiary/aromatic N) is 4. The fourth-order valence-corrected chi connectivity index (χ4v) is 2.07. The molecule has 0 saturated heterocycles. The van der Waals surface area contributed by atoms with Crippen LogP contribution >= 0.6 is 11.6 Å². The van der Waals surface area contributed by atoms with Crippen molar-refractivity contribution in [1.29, 1.82) is 0 Å². The van der Waals surface area contributed by atoms with Crippen LogP contribution in [-0.4, -0.2) is 26.5 Å². The van der Waals surface area contributed by atoms with E-state index in [2.05, 4.69) is 15.3 Å². The Morgan fingerprint density at radius 3 is 2.81 bits per heavy atom. The molecular formula is C14H14ClN5O. The lowest BCUT2D eigenvalue weighted by atomic mass is 10.2. The van der Waals surface area contributed by atoms with Crippen molar-refractivity contribution in [3.63, 3.8) is 0 Å². The minimum Gasteiger partial charge on any atom is -0.439 e. The molecule has 0 spiro atoms. The molecule has 0 fully saturated rings. The van der Waals surface area contributed by atoms with Gasteiger partial charge < -0.3 is 10.2 Å². The number of aromatic nitrogens is 4. The largest absolute Gasteiger partial charge is 0.439 e. The molecule has 0 radical (unpaired) electrons. The Hall–Kier alpha value is -2.18. The van der Waals surface area contributed by atoms with E-state index in [-0.39, 0.29) is 0 Å². The molecule has 0 aliphatic carbocycles. The van der Waals surface area contributed by atoms with Crippen LogP contribution in [0.5, 0.6) is 0 Å². The third-order valence-corrected chi connectivity index (χ3v) is 3.22. The summed E-state index contributed by atoms with van der Waals surface area (Å²) < 4.78 is 7.40. The zero-order valence-corrected chi connectivity index (χ0v) is 12.0. The molecule has 0 saturated carbocycles. The maximum atomic E-state index is 5.87. The molecule has 0 bridgehead atoms. The molecule has 0 amide bonds. The average Bonchev–Trinajstić information content (AvgIpc) is 3.11. The predicted molar refractivity (Wildman–Crippen MR) is 78.8 cm³/mol. The molecule has 3 aromatic rings. The van der Waals surface area contributed by atoms with Crippen molar-refractivity contribution >= 4 is 11.6 Å². The van der Waals surface area contributed by atoms with Crippen molar-refractivity contribution in [2.45, 2.75) is 13.0 Å². The molecule has 2 N–H and O–H groups in total. The maximum absolute atomic E-state index is 5.87. The van der Waals surface area contributed by atoms with Crippen LogP contribution in [0.25, 0.3) is 11.3 Å². The molecule has 0 aliphatic rings. The van der Waals surface area contributed by atoms with Gasteiger partial charge in [-0.1, -0.05) is 16.8 Å². The van der Waals surface area contributed by atoms with E-state index in [9.17, 15) is 0 Å². The Bertz CT molecular complexity index is 719. The Morgan fingerprint density at radius 1 is 1.24 bits per heavy atom. The first-order valence-electron chi connectivity index (χ1n) is 6.54. The molecule has 0 aliphatic heterocycles. The normalized spacial score (nSPS) is 11.0. The van der Waals surface area contributed by atoms with Crippen LogP contribution in [0.2, 0.25) is 5.02 Å². The van der Waals surface area contributed by atoms with E-state index < -0.39 is 0 Å². The van der Waals surface area contributed by atoms with Gasteiger partial charge in [0.15, 0.2) is 5.76 Å². The Kier molecular flexibility index (Phi) is 3.98. The second kappa shape index (κ2) is 6.07. The topological polar surface area (TPSA) is 82.8 Å². The van der Waals surface area contributed by atoms with Gasteiger partial charge in [-0.25, -0.2) is 9.67 Å². The minimum atomic E-state index is 0.436. The third kappa shape index (κ3) is 3.29. The van der Waals surface area contributed by atoms with Gasteiger partial charge in [-0.15, -0.1) is 5.10 Å². The molecule has 7 heteroatoms. The van der Waals surface area contributed by atoms with Crippen molar-refractivity contribution in [2.24, 2.45) is 5.73 Å². The quantitative estimate of drug-likeness (QED) is 0.780. The minimum absolute atomic E-state index is 0.436. The number of halogens is 1. The highest BCUT2D eigenvalue weighted by molar-refractivity contribution is 6.30. The lowest BCUT2D eigenvalue weighted by Crippen LogP contribution is -2.02. The number of oxazole rings is 1. The molecule has 21 heavy (non-hydrogen) atoms. The highest BCUT2D eigenvalue weighted by atomic mass is 35.5. The molecule has 2 heterocycles. The summed E-state index contributed by atoms with van der Waals surface area (Å²) in [6.07, 6.45) is 4.25. The van der Waals surface area contributed by atoms with Gasteiger partial charge in [0.2, 0.25) is 5.89 Å². The summed E-state index contributed by atoms with van der Waals surface area (Å²) in [4.78, 5) is 4.25. The summed E-state index contributed by atoms with van der Waals surface area (Å²) in [5, 5.41) is 8.73. The average molecular weight is 304 g/mol. The van der Waals surface area contributed by atoms with Crippen LogP contribution < -0.4 is 5.73 Å². The molecule has 6 nitrogen and oxygen atoms in total. The predicted octanol–water partition coefficient (Wildman–Crippen LogP) is 2.14. The molecule has 0 unspecified atom stereocenters. The lowest BCUT2D eigenvalue weighted by molar-refractivity contribution is 0.469. The van der Waals surface area contributed by atoms with Gasteiger partial charge in [0.25, 0.3) is 0 Å². The van der Waals surface area contributed by atoms with E-state index >= 15 is 0 Å². The van der Waals surface area contributed by atoms with Crippen LogP contribution in [0.1, 0.15) is 11.6 Å². The second-order valence-corrected chi connectivity index (χ2v) is 5.01. The first-order chi connectivity index (χ1) is 10.2. The van der Waals surface area contributed by atoms with Crippen molar-refractivity contribution < 1.29 is 4.42 Å². The number of rotatable bonds is 5. The van der Waals surface area contributed by atoms with Crippen molar-refractivity contribution in [1.82, 2.24) is 20.0 Å². The Morgan fingerprint density at radius 2 is 2.05 bits per heavy atom. The molecule has 3 rings (SSSR count). The first kappa shape index (κ1) is 13.8. The summed E-state index contributed by atoms with van der Waals surface area (Å²) >= 11 is 5.87. The smallest absolute Gasteiger partial charge is 0.216 e. The first-order valence-corrected chi connectivity index (χ1v) is 6.92. The van der Waals surface area contributed by atoms with E-state index in [0.717, 1.165) is 11.3 Å². The van der Waals surface area contributed by atoms with E-state index in [1.807, 2.05) is 30.5 Å². The zero-order chi connectivity index (χ0) is 14.7. The molecule has 0 atom stereocenters. The lowest BCUT2D eigenvalue weighted by Gasteiger charge is -1.97. The summed E-state index contributed by atoms with van der Waals surface area (Å²) in [5.74, 6) is 1.27. The van der Waals surface area contributed by atoms with Crippen LogP contribution in [0, 0.1) is 0 Å². The van der Waals surface area contributed by atoms with Gasteiger partial charge in [-0.2, -0.15) is 0 Å². The van der Waals surface area contributed by atoms with E-state index in [4.69, 9.17) is 21.8 Å². The van der Waals surface area contributed by atoms with Crippen molar-refractivity contribution in [3.8, 4) is 11.3 Å². The Balaban J connectivity index is 1.73. The highest BCUT2D eigenvalue weighted by Gasteiger charge is 2.08. The van der Waals surface area contributed by atoms with Gasteiger partial charge in [-0.3, -0.25) is 0 Å². The van der Waals surface area contributed by atoms with Crippen LogP contribution in [-0.2, 0) is 13.0 Å². The maximum Gasteiger partial charge on any atom is 0.216 e. The van der Waals surface area contributed by atoms with Gasteiger partial charge in [0.05, 0.1) is 11.9 Å². The summed E-state index contributed by atoms with van der Waals surface area (Å²) in [5.41, 5.74) is 7.28. The van der Waals surface area contributed by atoms with Gasteiger partial charge in [-0.05, 0) is 30.8 Å². The standard InChI is InChI=1S/C14H14ClN5O/c15-11-3-1-10(2-4-11)13-7-17-14(21-13)9-20-8-12(5-6-16)18-19-20/h1-4,7-8H,5-6,9,16H2. The van der Waals surface area contributed by atoms with Crippen LogP contribution in [0.15, 0.2) is 41.1 Å². The molecule has 2 aromatic heterocycles. The Labute approximate surface area is 126 Å². The molecule has 1 aromatic carbocycles. The van der Waals surface area contributed by atoms with Gasteiger partial charge >= 0.3 is 0 Å². The summed E-state index contributed by atoms with van der Waals surface area (Å²) in [6, 6.07) is 7.41. The van der Waals surface area contributed by atoms with Crippen LogP contribution in [0.4, 0.5) is 0 Å². The molecular weight excluding hydrogens is 290 g/mol. The van der Waals surface area contributed by atoms with Gasteiger partial charge in [0.1, 0.15) is 6.54 Å². The third-order valence-electron chi connectivity index (χ3n) is 2.97. The highest BCUT2D eigenvalue weighted by Crippen LogP contribution is 2.22. The second-order valence-electron chi connectivity index (χ2n) is 4.57. The van der Waals surface area contributed by atoms with Gasteiger partial charge in [0, 0.05) is 23.2 Å². The number of nitrogens with two attached hydrogens (primary N) is 1. The van der Waals surface area contributed by atoms with Crippen molar-refractivity contribution in [2.75, 3.05) is 6.54 Å². The van der Waals surface area contributed by atoms with E-state index in [1.165, 1.54) is 0 Å². The number of hydrogen-bond donors (Lipinski definition) is 1. The fraction of sp³-hybridized carbons (Fsp3) is 0.214. The SMILES string of the molecule is NCCc1cn(Cc2ncc(-c3ccc(Cl)cc3)o2)nn1. The van der Waals surface area contributed by atoms with E-state index in [1.54, 1.807) is 10.9 Å². The number of benzene rings is 1. The van der Waals surface area contributed by atoms with Crippen molar-refractivity contribution in [3.05, 3.63) is 53.3 Å². The summed E-state index contributed by atoms with van der Waals surface area (Å²) in [7, 11) is 0. The van der Waals surface area contributed by atoms with Crippen LogP contribution in [0.3, 0.4) is 0 Å². The summed E-state index contributed by atoms with van der Waals surface area (Å²) in [6.45, 7) is 0.990. The fourth-order valence-electron chi connectivity index (χ4n) is 1.95. The van der Waals surface area contributed by atoms with E-state index in [0.29, 0.717) is 36.2 Å². The molecule has 108 valence electrons. The zero-order valence-electron chi connectivity index (χ0n) is 11.2. The number of hydrogen-bond acceptors (Lipinski definition) is 5.